The molecule has 0 heterocycles. The molecule has 0 radical (unpaired) electrons. The summed E-state index contributed by atoms with van der Waals surface area (Å²) in [6.07, 6.45) is 0. The highest BCUT2D eigenvalue weighted by Crippen LogP contribution is 2.22. The van der Waals surface area contributed by atoms with E-state index in [4.69, 9.17) is 16.3 Å². The Morgan fingerprint density at radius 3 is 2.35 bits per heavy atom. The minimum absolute atomic E-state index is 0.678. The molecule has 0 aliphatic heterocycles. The van der Waals surface area contributed by atoms with Crippen molar-refractivity contribution < 1.29 is 4.74 Å². The summed E-state index contributed by atoms with van der Waals surface area (Å²) in [5.74, 6) is 1.70. The van der Waals surface area contributed by atoms with Crippen molar-refractivity contribution in [1.29, 1.82) is 0 Å². The minimum Gasteiger partial charge on any atom is -0.492 e. The molecule has 0 bridgehead atoms. The lowest BCUT2D eigenvalue weighted by molar-refractivity contribution is 0.222. The summed E-state index contributed by atoms with van der Waals surface area (Å²) in [5.41, 5.74) is 2.40. The normalized spacial score (nSPS) is 10.9. The SMILES string of the molecule is CCN(CCCl)CCOc1c(C)cccc1C. The van der Waals surface area contributed by atoms with Gasteiger partial charge in [-0.25, -0.2) is 0 Å². The Labute approximate surface area is 110 Å². The Bertz CT molecular complexity index is 321. The van der Waals surface area contributed by atoms with E-state index in [9.17, 15) is 0 Å². The maximum atomic E-state index is 5.86. The molecule has 3 heteroatoms. The molecule has 0 amide bonds. The van der Waals surface area contributed by atoms with Crippen molar-refractivity contribution in [2.45, 2.75) is 20.8 Å². The summed E-state index contributed by atoms with van der Waals surface area (Å²) >= 11 is 5.74. The van der Waals surface area contributed by atoms with Gasteiger partial charge in [-0.1, -0.05) is 25.1 Å². The fourth-order valence-corrected chi connectivity index (χ4v) is 2.09. The van der Waals surface area contributed by atoms with Crippen LogP contribution in [0.5, 0.6) is 5.75 Å². The van der Waals surface area contributed by atoms with E-state index in [0.29, 0.717) is 5.88 Å². The van der Waals surface area contributed by atoms with Crippen LogP contribution in [-0.4, -0.2) is 37.0 Å². The number of halogens is 1. The van der Waals surface area contributed by atoms with E-state index in [1.54, 1.807) is 0 Å². The van der Waals surface area contributed by atoms with Crippen molar-refractivity contribution in [2.24, 2.45) is 0 Å². The van der Waals surface area contributed by atoms with Gasteiger partial charge < -0.3 is 4.74 Å². The van der Waals surface area contributed by atoms with Crippen molar-refractivity contribution in [3.8, 4) is 5.75 Å². The third-order valence-electron chi connectivity index (χ3n) is 2.91. The molecular formula is C14H22ClNO. The number of hydrogen-bond donors (Lipinski definition) is 0. The maximum absolute atomic E-state index is 5.86. The minimum atomic E-state index is 0.678. The molecule has 0 aliphatic carbocycles. The summed E-state index contributed by atoms with van der Waals surface area (Å²) < 4.78 is 5.86. The van der Waals surface area contributed by atoms with Crippen molar-refractivity contribution in [3.63, 3.8) is 0 Å². The Balaban J connectivity index is 2.45. The van der Waals surface area contributed by atoms with Crippen LogP contribution in [0.1, 0.15) is 18.1 Å². The van der Waals surface area contributed by atoms with Gasteiger partial charge in [-0.05, 0) is 31.5 Å². The summed E-state index contributed by atoms with van der Waals surface area (Å²) in [7, 11) is 0. The smallest absolute Gasteiger partial charge is 0.125 e. The first-order valence-electron chi connectivity index (χ1n) is 6.16. The van der Waals surface area contributed by atoms with E-state index in [0.717, 1.165) is 32.0 Å². The molecular weight excluding hydrogens is 234 g/mol. The average molecular weight is 256 g/mol. The first-order chi connectivity index (χ1) is 8.19. The lowest BCUT2D eigenvalue weighted by Crippen LogP contribution is -2.30. The lowest BCUT2D eigenvalue weighted by atomic mass is 10.1. The van der Waals surface area contributed by atoms with E-state index in [1.165, 1.54) is 11.1 Å². The van der Waals surface area contributed by atoms with Crippen LogP contribution in [-0.2, 0) is 0 Å². The number of likely N-dealkylation sites (N-methyl/N-ethyl adjacent to an activating group) is 1. The Hall–Kier alpha value is -0.730. The lowest BCUT2D eigenvalue weighted by Gasteiger charge is -2.20. The van der Waals surface area contributed by atoms with Crippen molar-refractivity contribution in [3.05, 3.63) is 29.3 Å². The van der Waals surface area contributed by atoms with Gasteiger partial charge in [0.15, 0.2) is 0 Å². The topological polar surface area (TPSA) is 12.5 Å². The Kier molecular flexibility index (Phi) is 6.38. The maximum Gasteiger partial charge on any atom is 0.125 e. The van der Waals surface area contributed by atoms with Gasteiger partial charge in [-0.3, -0.25) is 4.90 Å². The van der Waals surface area contributed by atoms with Crippen LogP contribution in [0.4, 0.5) is 0 Å². The van der Waals surface area contributed by atoms with Crippen LogP contribution in [0, 0.1) is 13.8 Å². The second kappa shape index (κ2) is 7.57. The highest BCUT2D eigenvalue weighted by molar-refractivity contribution is 6.18. The van der Waals surface area contributed by atoms with Crippen LogP contribution in [0.15, 0.2) is 18.2 Å². The number of ether oxygens (including phenoxy) is 1. The molecule has 1 aromatic rings. The van der Waals surface area contributed by atoms with Crippen molar-refractivity contribution >= 4 is 11.6 Å². The van der Waals surface area contributed by atoms with Gasteiger partial charge in [0.05, 0.1) is 0 Å². The predicted molar refractivity (Wildman–Crippen MR) is 74.2 cm³/mol. The molecule has 0 fully saturated rings. The number of nitrogens with zero attached hydrogens (tertiary/aromatic N) is 1. The van der Waals surface area contributed by atoms with Crippen LogP contribution >= 0.6 is 11.6 Å². The molecule has 0 saturated carbocycles. The zero-order valence-electron chi connectivity index (χ0n) is 11.0. The molecule has 1 aromatic carbocycles. The van der Waals surface area contributed by atoms with Gasteiger partial charge in [0.2, 0.25) is 0 Å². The highest BCUT2D eigenvalue weighted by atomic mass is 35.5. The molecule has 2 nitrogen and oxygen atoms in total. The van der Waals surface area contributed by atoms with Crippen LogP contribution in [0.25, 0.3) is 0 Å². The van der Waals surface area contributed by atoms with E-state index in [1.807, 2.05) is 0 Å². The molecule has 0 atom stereocenters. The zero-order valence-corrected chi connectivity index (χ0v) is 11.8. The largest absolute Gasteiger partial charge is 0.492 e. The highest BCUT2D eigenvalue weighted by Gasteiger charge is 2.05. The third-order valence-corrected chi connectivity index (χ3v) is 3.08. The number of hydrogen-bond acceptors (Lipinski definition) is 2. The molecule has 0 aliphatic rings. The van der Waals surface area contributed by atoms with Gasteiger partial charge in [0.1, 0.15) is 12.4 Å². The van der Waals surface area contributed by atoms with E-state index < -0.39 is 0 Å². The standard InChI is InChI=1S/C14H22ClNO/c1-4-16(9-8-15)10-11-17-14-12(2)6-5-7-13(14)3/h5-7H,4,8-11H2,1-3H3. The number of benzene rings is 1. The van der Waals surface area contributed by atoms with Gasteiger partial charge in [-0.2, -0.15) is 0 Å². The quantitative estimate of drug-likeness (QED) is 0.694. The van der Waals surface area contributed by atoms with Gasteiger partial charge in [0.25, 0.3) is 0 Å². The Morgan fingerprint density at radius 1 is 1.18 bits per heavy atom. The summed E-state index contributed by atoms with van der Waals surface area (Å²) in [5, 5.41) is 0. The Morgan fingerprint density at radius 2 is 1.82 bits per heavy atom. The summed E-state index contributed by atoms with van der Waals surface area (Å²) in [4.78, 5) is 2.29. The number of para-hydroxylation sites is 1. The van der Waals surface area contributed by atoms with E-state index in [2.05, 4.69) is 43.9 Å². The third kappa shape index (κ3) is 4.57. The van der Waals surface area contributed by atoms with Crippen molar-refractivity contribution in [2.75, 3.05) is 32.1 Å². The molecule has 0 saturated heterocycles. The van der Waals surface area contributed by atoms with Crippen molar-refractivity contribution in [1.82, 2.24) is 4.90 Å². The number of alkyl halides is 1. The fraction of sp³-hybridized carbons (Fsp3) is 0.571. The molecule has 0 N–H and O–H groups in total. The number of rotatable bonds is 7. The second-order valence-corrected chi connectivity index (χ2v) is 4.57. The summed E-state index contributed by atoms with van der Waals surface area (Å²) in [6, 6.07) is 6.22. The van der Waals surface area contributed by atoms with Crippen LogP contribution in [0.3, 0.4) is 0 Å². The van der Waals surface area contributed by atoms with E-state index >= 15 is 0 Å². The van der Waals surface area contributed by atoms with Crippen LogP contribution < -0.4 is 4.74 Å². The van der Waals surface area contributed by atoms with Gasteiger partial charge in [-0.15, -0.1) is 11.6 Å². The predicted octanol–water partition coefficient (Wildman–Crippen LogP) is 3.24. The van der Waals surface area contributed by atoms with Gasteiger partial charge >= 0.3 is 0 Å². The second-order valence-electron chi connectivity index (χ2n) is 4.19. The number of aryl methyl sites for hydroxylation is 2. The first-order valence-corrected chi connectivity index (χ1v) is 6.69. The zero-order chi connectivity index (χ0) is 12.7. The van der Waals surface area contributed by atoms with E-state index in [-0.39, 0.29) is 0 Å². The van der Waals surface area contributed by atoms with Crippen LogP contribution in [0.2, 0.25) is 0 Å². The average Bonchev–Trinajstić information content (AvgIpc) is 2.31. The fourth-order valence-electron chi connectivity index (χ4n) is 1.85. The molecule has 17 heavy (non-hydrogen) atoms. The molecule has 96 valence electrons. The molecule has 1 rings (SSSR count). The first kappa shape index (κ1) is 14.3. The van der Waals surface area contributed by atoms with Gasteiger partial charge in [0, 0.05) is 19.0 Å². The summed E-state index contributed by atoms with van der Waals surface area (Å²) in [6.45, 7) is 9.90. The monoisotopic (exact) mass is 255 g/mol. The molecule has 0 spiro atoms. The molecule has 0 aromatic heterocycles. The molecule has 0 unspecified atom stereocenters.